The van der Waals surface area contributed by atoms with Crippen molar-refractivity contribution in [1.82, 2.24) is 0 Å². The van der Waals surface area contributed by atoms with Gasteiger partial charge in [-0.25, -0.2) is 0 Å². The van der Waals surface area contributed by atoms with E-state index in [0.717, 1.165) is 28.9 Å². The predicted molar refractivity (Wildman–Crippen MR) is 104 cm³/mol. The minimum atomic E-state index is -0.279. The van der Waals surface area contributed by atoms with Gasteiger partial charge in [0.1, 0.15) is 0 Å². The molecule has 3 aromatic rings. The second-order valence-electron chi connectivity index (χ2n) is 4.90. The Morgan fingerprint density at radius 3 is 1.32 bits per heavy atom. The summed E-state index contributed by atoms with van der Waals surface area (Å²) < 4.78 is 29.6. The van der Waals surface area contributed by atoms with E-state index in [-0.39, 0.29) is 26.1 Å². The van der Waals surface area contributed by atoms with Crippen LogP contribution in [0.1, 0.15) is 20.0 Å². The van der Waals surface area contributed by atoms with E-state index in [1.54, 1.807) is 24.3 Å². The van der Waals surface area contributed by atoms with E-state index < -0.39 is 0 Å². The van der Waals surface area contributed by atoms with Crippen molar-refractivity contribution in [3.63, 3.8) is 0 Å². The Morgan fingerprint density at radius 1 is 0.600 bits per heavy atom. The van der Waals surface area contributed by atoms with Gasteiger partial charge in [0.2, 0.25) is 0 Å². The van der Waals surface area contributed by atoms with Crippen molar-refractivity contribution in [1.29, 1.82) is 0 Å². The molecule has 25 heavy (non-hydrogen) atoms. The first kappa shape index (κ1) is 18.2. The molecule has 0 unspecified atom stereocenters. The van der Waals surface area contributed by atoms with Crippen LogP contribution in [0.25, 0.3) is 0 Å². The van der Waals surface area contributed by atoms with E-state index in [9.17, 15) is 8.78 Å². The zero-order valence-electron chi connectivity index (χ0n) is 12.5. The summed E-state index contributed by atoms with van der Waals surface area (Å²) in [4.78, 5) is 0. The van der Waals surface area contributed by atoms with E-state index in [0.29, 0.717) is 0 Å². The zero-order chi connectivity index (χ0) is 17.8. The maximum atomic E-state index is 12.9. The summed E-state index contributed by atoms with van der Waals surface area (Å²) in [7, 11) is 0. The fourth-order valence-electron chi connectivity index (χ4n) is 1.88. The Hall–Kier alpha value is -1.62. The molecular weight excluding hydrogens is 517 g/mol. The van der Waals surface area contributed by atoms with Crippen LogP contribution in [0.4, 0.5) is 8.78 Å². The molecule has 0 nitrogen and oxygen atoms in total. The number of halogens is 4. The Morgan fingerprint density at radius 2 is 0.960 bits per heavy atom. The third-order valence-corrected chi connectivity index (χ3v) is 8.57. The molecule has 0 aliphatic rings. The molecule has 0 aliphatic carbocycles. The second kappa shape index (κ2) is 8.17. The Kier molecular flexibility index (Phi) is 5.94. The molecule has 0 saturated heterocycles. The molecule has 1 heterocycles. The molecule has 0 fully saturated rings. The fourth-order valence-corrected chi connectivity index (χ4v) is 5.56. The van der Waals surface area contributed by atoms with Crippen LogP contribution >= 0.6 is 31.9 Å². The zero-order valence-corrected chi connectivity index (χ0v) is 17.4. The summed E-state index contributed by atoms with van der Waals surface area (Å²) in [6, 6.07) is 12.2. The van der Waals surface area contributed by atoms with Crippen LogP contribution in [-0.2, 0) is 0 Å². The van der Waals surface area contributed by atoms with Crippen molar-refractivity contribution >= 4 is 46.4 Å². The number of benzene rings is 2. The first-order valence-corrected chi connectivity index (χ1v) is 10.4. The van der Waals surface area contributed by atoms with E-state index in [2.05, 4.69) is 55.5 Å². The van der Waals surface area contributed by atoms with Crippen molar-refractivity contribution in [2.75, 3.05) is 0 Å². The molecule has 0 amide bonds. The van der Waals surface area contributed by atoms with Gasteiger partial charge >= 0.3 is 168 Å². The standard InChI is InChI=1S/C20H8Br2F2Se/c21-19-17(11-5-13-1-7-15(23)8-2-13)25-18(20(19)22)12-6-14-3-9-16(24)10-4-14/h1-4,7-10H. The van der Waals surface area contributed by atoms with Gasteiger partial charge in [0.15, 0.2) is 0 Å². The Balaban J connectivity index is 1.88. The normalized spacial score (nSPS) is 9.76. The van der Waals surface area contributed by atoms with Gasteiger partial charge in [-0.05, 0) is 0 Å². The van der Waals surface area contributed by atoms with E-state index in [4.69, 9.17) is 0 Å². The third-order valence-electron chi connectivity index (χ3n) is 3.12. The summed E-state index contributed by atoms with van der Waals surface area (Å²) in [5.41, 5.74) is 1.51. The topological polar surface area (TPSA) is 0 Å². The van der Waals surface area contributed by atoms with Crippen molar-refractivity contribution in [3.05, 3.63) is 89.1 Å². The average molecular weight is 525 g/mol. The molecule has 0 bridgehead atoms. The van der Waals surface area contributed by atoms with Crippen LogP contribution in [-0.4, -0.2) is 14.5 Å². The maximum absolute atomic E-state index is 12.9. The van der Waals surface area contributed by atoms with Gasteiger partial charge in [-0.15, -0.1) is 0 Å². The van der Waals surface area contributed by atoms with Gasteiger partial charge < -0.3 is 0 Å². The van der Waals surface area contributed by atoms with Gasteiger partial charge in [0.25, 0.3) is 0 Å². The predicted octanol–water partition coefficient (Wildman–Crippen LogP) is 5.35. The monoisotopic (exact) mass is 524 g/mol. The third kappa shape index (κ3) is 4.72. The van der Waals surface area contributed by atoms with Crippen LogP contribution in [0.15, 0.2) is 57.5 Å². The molecule has 1 aromatic heterocycles. The first-order chi connectivity index (χ1) is 12.0. The van der Waals surface area contributed by atoms with E-state index in [1.807, 2.05) is 0 Å². The second-order valence-corrected chi connectivity index (χ2v) is 8.63. The van der Waals surface area contributed by atoms with Crippen LogP contribution in [0.3, 0.4) is 0 Å². The number of rotatable bonds is 0. The SMILES string of the molecule is Fc1ccc(C#Cc2[se]c(C#Cc3ccc(F)cc3)c(Br)c2Br)cc1. The minimum absolute atomic E-state index is 0.0300. The molecule has 0 spiro atoms. The van der Waals surface area contributed by atoms with Crippen LogP contribution in [0.2, 0.25) is 0 Å². The summed E-state index contributed by atoms with van der Waals surface area (Å²) in [6.07, 6.45) is 0. The summed E-state index contributed by atoms with van der Waals surface area (Å²) in [5.74, 6) is 11.8. The first-order valence-electron chi connectivity index (χ1n) is 7.06. The molecule has 3 rings (SSSR count). The molecular formula is C20H8Br2F2Se. The van der Waals surface area contributed by atoms with Crippen LogP contribution in [0, 0.1) is 35.3 Å². The van der Waals surface area contributed by atoms with Gasteiger partial charge in [0, 0.05) is 0 Å². The molecule has 0 N–H and O–H groups in total. The van der Waals surface area contributed by atoms with Gasteiger partial charge in [-0.2, -0.15) is 0 Å². The molecule has 0 atom stereocenters. The molecule has 0 aliphatic heterocycles. The summed E-state index contributed by atoms with van der Waals surface area (Å²) >= 11 is 7.05. The Bertz CT molecular complexity index is 944. The van der Waals surface area contributed by atoms with Crippen LogP contribution in [0.5, 0.6) is 0 Å². The van der Waals surface area contributed by atoms with Crippen molar-refractivity contribution in [2.24, 2.45) is 0 Å². The molecule has 0 saturated carbocycles. The molecule has 2 aromatic carbocycles. The van der Waals surface area contributed by atoms with Gasteiger partial charge in [-0.1, -0.05) is 0 Å². The number of hydrogen-bond acceptors (Lipinski definition) is 0. The molecule has 5 heteroatoms. The molecule has 122 valence electrons. The van der Waals surface area contributed by atoms with Crippen molar-refractivity contribution in [2.45, 2.75) is 0 Å². The van der Waals surface area contributed by atoms with Gasteiger partial charge in [0.05, 0.1) is 0 Å². The number of hydrogen-bond donors (Lipinski definition) is 0. The van der Waals surface area contributed by atoms with E-state index >= 15 is 0 Å². The summed E-state index contributed by atoms with van der Waals surface area (Å²) in [6.45, 7) is 0. The fraction of sp³-hybridized carbons (Fsp3) is 0. The van der Waals surface area contributed by atoms with Gasteiger partial charge in [-0.3, -0.25) is 0 Å². The molecule has 0 radical (unpaired) electrons. The quantitative estimate of drug-likeness (QED) is 0.275. The van der Waals surface area contributed by atoms with Crippen molar-refractivity contribution < 1.29 is 8.78 Å². The summed E-state index contributed by atoms with van der Waals surface area (Å²) in [5, 5.41) is 0. The van der Waals surface area contributed by atoms with Crippen LogP contribution < -0.4 is 0 Å². The Labute approximate surface area is 167 Å². The van der Waals surface area contributed by atoms with Crippen molar-refractivity contribution in [3.8, 4) is 23.7 Å². The van der Waals surface area contributed by atoms with E-state index in [1.165, 1.54) is 24.3 Å². The average Bonchev–Trinajstić information content (AvgIpc) is 2.89.